The molecule has 1 heterocycles. The highest BCUT2D eigenvalue weighted by atomic mass is 19.1. The highest BCUT2D eigenvalue weighted by Crippen LogP contribution is 2.29. The van der Waals surface area contributed by atoms with Crippen molar-refractivity contribution in [2.75, 3.05) is 16.8 Å². The fraction of sp³-hybridized carbons (Fsp3) is 0.176. The van der Waals surface area contributed by atoms with Crippen LogP contribution in [0.4, 0.5) is 20.2 Å². The molecule has 4 nitrogen and oxygen atoms in total. The van der Waals surface area contributed by atoms with E-state index in [4.69, 9.17) is 0 Å². The number of nitrogens with zero attached hydrogens (tertiary/aromatic N) is 1. The van der Waals surface area contributed by atoms with Gasteiger partial charge in [-0.25, -0.2) is 8.78 Å². The van der Waals surface area contributed by atoms with E-state index in [1.807, 2.05) is 0 Å². The van der Waals surface area contributed by atoms with Gasteiger partial charge in [0.05, 0.1) is 16.9 Å². The lowest BCUT2D eigenvalue weighted by Gasteiger charge is -2.20. The van der Waals surface area contributed by atoms with Crippen molar-refractivity contribution in [2.45, 2.75) is 12.8 Å². The zero-order valence-corrected chi connectivity index (χ0v) is 12.2. The molecule has 2 aromatic rings. The van der Waals surface area contributed by atoms with Gasteiger partial charge < -0.3 is 10.2 Å². The van der Waals surface area contributed by atoms with Gasteiger partial charge in [-0.3, -0.25) is 9.59 Å². The van der Waals surface area contributed by atoms with Gasteiger partial charge in [-0.15, -0.1) is 0 Å². The molecule has 0 aromatic heterocycles. The summed E-state index contributed by atoms with van der Waals surface area (Å²) in [5.74, 6) is -2.29. The number of rotatable bonds is 3. The third-order valence-electron chi connectivity index (χ3n) is 3.69. The zero-order chi connectivity index (χ0) is 16.4. The van der Waals surface area contributed by atoms with Crippen molar-refractivity contribution in [3.63, 3.8) is 0 Å². The van der Waals surface area contributed by atoms with Crippen LogP contribution in [-0.2, 0) is 4.79 Å². The lowest BCUT2D eigenvalue weighted by Crippen LogP contribution is -2.25. The Morgan fingerprint density at radius 1 is 1.13 bits per heavy atom. The van der Waals surface area contributed by atoms with Gasteiger partial charge in [-0.05, 0) is 36.8 Å². The first-order valence-corrected chi connectivity index (χ1v) is 7.22. The van der Waals surface area contributed by atoms with Gasteiger partial charge in [0.25, 0.3) is 5.91 Å². The molecule has 118 valence electrons. The first-order valence-electron chi connectivity index (χ1n) is 7.22. The van der Waals surface area contributed by atoms with Crippen molar-refractivity contribution in [2.24, 2.45) is 0 Å². The number of hydrogen-bond donors (Lipinski definition) is 1. The van der Waals surface area contributed by atoms with Crippen molar-refractivity contribution in [3.05, 3.63) is 59.7 Å². The molecule has 6 heteroatoms. The van der Waals surface area contributed by atoms with Crippen LogP contribution in [0.5, 0.6) is 0 Å². The summed E-state index contributed by atoms with van der Waals surface area (Å²) in [5.41, 5.74) is 0.559. The Morgan fingerprint density at radius 2 is 1.91 bits per heavy atom. The van der Waals surface area contributed by atoms with Gasteiger partial charge in [-0.1, -0.05) is 12.1 Å². The molecular formula is C17H14F2N2O2. The Morgan fingerprint density at radius 3 is 2.65 bits per heavy atom. The van der Waals surface area contributed by atoms with E-state index in [2.05, 4.69) is 5.32 Å². The van der Waals surface area contributed by atoms with Gasteiger partial charge in [-0.2, -0.15) is 0 Å². The molecule has 2 amide bonds. The predicted octanol–water partition coefficient (Wildman–Crippen LogP) is 3.34. The average molecular weight is 316 g/mol. The van der Waals surface area contributed by atoms with Gasteiger partial charge >= 0.3 is 0 Å². The third-order valence-corrected chi connectivity index (χ3v) is 3.69. The molecular weight excluding hydrogens is 302 g/mol. The molecule has 1 saturated heterocycles. The second-order valence-electron chi connectivity index (χ2n) is 5.24. The maximum Gasteiger partial charge on any atom is 0.258 e. The summed E-state index contributed by atoms with van der Waals surface area (Å²) >= 11 is 0. The normalized spacial score (nSPS) is 14.2. The number of hydrogen-bond acceptors (Lipinski definition) is 2. The van der Waals surface area contributed by atoms with Crippen LogP contribution in [0.2, 0.25) is 0 Å². The molecule has 0 atom stereocenters. The molecule has 0 spiro atoms. The first kappa shape index (κ1) is 15.1. The van der Waals surface area contributed by atoms with Crippen molar-refractivity contribution in [3.8, 4) is 0 Å². The van der Waals surface area contributed by atoms with Gasteiger partial charge in [0.2, 0.25) is 5.91 Å². The van der Waals surface area contributed by atoms with E-state index in [0.717, 1.165) is 24.6 Å². The van der Waals surface area contributed by atoms with Crippen LogP contribution in [0.3, 0.4) is 0 Å². The monoisotopic (exact) mass is 316 g/mol. The van der Waals surface area contributed by atoms with Crippen LogP contribution in [0.25, 0.3) is 0 Å². The van der Waals surface area contributed by atoms with E-state index < -0.39 is 17.5 Å². The summed E-state index contributed by atoms with van der Waals surface area (Å²) in [5, 5.41) is 2.55. The Bertz CT molecular complexity index is 777. The lowest BCUT2D eigenvalue weighted by atomic mass is 10.1. The van der Waals surface area contributed by atoms with Gasteiger partial charge in [0.15, 0.2) is 0 Å². The second-order valence-corrected chi connectivity index (χ2v) is 5.24. The number of nitrogens with one attached hydrogen (secondary N) is 1. The summed E-state index contributed by atoms with van der Waals surface area (Å²) in [6.07, 6.45) is 1.21. The van der Waals surface area contributed by atoms with E-state index in [0.29, 0.717) is 24.3 Å². The largest absolute Gasteiger partial charge is 0.320 e. The molecule has 23 heavy (non-hydrogen) atoms. The standard InChI is InChI=1S/C17H14F2N2O2/c18-11-7-8-13(19)12(10-11)17(23)20-14-4-1-2-5-15(14)21-9-3-6-16(21)22/h1-2,4-5,7-8,10H,3,6,9H2,(H,20,23). The molecule has 1 aliphatic heterocycles. The number of anilines is 2. The van der Waals surface area contributed by atoms with Crippen LogP contribution in [0.15, 0.2) is 42.5 Å². The summed E-state index contributed by atoms with van der Waals surface area (Å²) in [6, 6.07) is 9.47. The number of para-hydroxylation sites is 2. The summed E-state index contributed by atoms with van der Waals surface area (Å²) in [4.78, 5) is 25.7. The second kappa shape index (κ2) is 6.16. The fourth-order valence-corrected chi connectivity index (χ4v) is 2.58. The molecule has 0 bridgehead atoms. The Hall–Kier alpha value is -2.76. The zero-order valence-electron chi connectivity index (χ0n) is 12.2. The minimum absolute atomic E-state index is 0.0244. The summed E-state index contributed by atoms with van der Waals surface area (Å²) in [6.45, 7) is 0.569. The van der Waals surface area contributed by atoms with Crippen molar-refractivity contribution < 1.29 is 18.4 Å². The molecule has 0 radical (unpaired) electrons. The molecule has 0 aliphatic carbocycles. The van der Waals surface area contributed by atoms with E-state index >= 15 is 0 Å². The van der Waals surface area contributed by atoms with Crippen molar-refractivity contribution in [1.29, 1.82) is 0 Å². The molecule has 0 saturated carbocycles. The van der Waals surface area contributed by atoms with Crippen LogP contribution < -0.4 is 10.2 Å². The first-order chi connectivity index (χ1) is 11.1. The van der Waals surface area contributed by atoms with Crippen LogP contribution in [0.1, 0.15) is 23.2 Å². The Balaban J connectivity index is 1.90. The average Bonchev–Trinajstić information content (AvgIpc) is 2.96. The maximum absolute atomic E-state index is 13.7. The van der Waals surface area contributed by atoms with E-state index in [1.165, 1.54) is 0 Å². The highest BCUT2D eigenvalue weighted by molar-refractivity contribution is 6.08. The fourth-order valence-electron chi connectivity index (χ4n) is 2.58. The van der Waals surface area contributed by atoms with E-state index in [9.17, 15) is 18.4 Å². The Labute approximate surface area is 131 Å². The predicted molar refractivity (Wildman–Crippen MR) is 82.3 cm³/mol. The molecule has 1 fully saturated rings. The van der Waals surface area contributed by atoms with Crippen LogP contribution >= 0.6 is 0 Å². The minimum Gasteiger partial charge on any atom is -0.320 e. The molecule has 1 aliphatic rings. The number of amides is 2. The summed E-state index contributed by atoms with van der Waals surface area (Å²) in [7, 11) is 0. The third kappa shape index (κ3) is 3.06. The van der Waals surface area contributed by atoms with Crippen molar-refractivity contribution >= 4 is 23.2 Å². The Kier molecular flexibility index (Phi) is 4.06. The number of carbonyl (C=O) groups is 2. The molecule has 2 aromatic carbocycles. The van der Waals surface area contributed by atoms with Crippen LogP contribution in [0, 0.1) is 11.6 Å². The molecule has 0 unspecified atom stereocenters. The summed E-state index contributed by atoms with van der Waals surface area (Å²) < 4.78 is 26.9. The lowest BCUT2D eigenvalue weighted by molar-refractivity contribution is -0.117. The van der Waals surface area contributed by atoms with E-state index in [1.54, 1.807) is 29.2 Å². The topological polar surface area (TPSA) is 49.4 Å². The SMILES string of the molecule is O=C(Nc1ccccc1N1CCCC1=O)c1cc(F)ccc1F. The molecule has 1 N–H and O–H groups in total. The number of carbonyl (C=O) groups excluding carboxylic acids is 2. The number of benzene rings is 2. The van der Waals surface area contributed by atoms with Gasteiger partial charge in [0, 0.05) is 13.0 Å². The minimum atomic E-state index is -0.807. The van der Waals surface area contributed by atoms with E-state index in [-0.39, 0.29) is 11.5 Å². The molecule has 3 rings (SSSR count). The maximum atomic E-state index is 13.7. The smallest absolute Gasteiger partial charge is 0.258 e. The number of halogens is 2. The quantitative estimate of drug-likeness (QED) is 0.944. The van der Waals surface area contributed by atoms with Crippen LogP contribution in [-0.4, -0.2) is 18.4 Å². The van der Waals surface area contributed by atoms with Gasteiger partial charge in [0.1, 0.15) is 11.6 Å². The highest BCUT2D eigenvalue weighted by Gasteiger charge is 2.24. The van der Waals surface area contributed by atoms with Crippen molar-refractivity contribution in [1.82, 2.24) is 0 Å².